The fourth-order valence-corrected chi connectivity index (χ4v) is 4.96. The number of imide groups is 1. The number of anilines is 1. The molecule has 4 rings (SSSR count). The Morgan fingerprint density at radius 2 is 1.78 bits per heavy atom. The summed E-state index contributed by atoms with van der Waals surface area (Å²) < 4.78 is 6.55. The predicted molar refractivity (Wildman–Crippen MR) is 147 cm³/mol. The van der Waals surface area contributed by atoms with Crippen molar-refractivity contribution in [3.8, 4) is 5.75 Å². The van der Waals surface area contributed by atoms with Gasteiger partial charge in [0.2, 0.25) is 5.91 Å². The van der Waals surface area contributed by atoms with Crippen molar-refractivity contribution in [1.82, 2.24) is 4.90 Å². The van der Waals surface area contributed by atoms with Gasteiger partial charge >= 0.3 is 0 Å². The fraction of sp³-hybridized carbons (Fsp3) is 0.115. The number of carbonyl (C=O) groups excluding carboxylic acids is 3. The molecule has 0 saturated carbocycles. The number of halogens is 3. The second kappa shape index (κ2) is 11.5. The summed E-state index contributed by atoms with van der Waals surface area (Å²) >= 11 is 16.2. The van der Waals surface area contributed by atoms with Crippen molar-refractivity contribution in [1.29, 1.82) is 0 Å². The summed E-state index contributed by atoms with van der Waals surface area (Å²) in [6.07, 6.45) is 1.61. The lowest BCUT2D eigenvalue weighted by atomic mass is 10.2. The summed E-state index contributed by atoms with van der Waals surface area (Å²) in [4.78, 5) is 38.9. The molecule has 6 nitrogen and oxygen atoms in total. The molecule has 1 N–H and O–H groups in total. The van der Waals surface area contributed by atoms with E-state index in [1.807, 2.05) is 19.1 Å². The molecule has 3 aromatic rings. The number of ether oxygens (including phenoxy) is 1. The maximum atomic E-state index is 12.8. The maximum absolute atomic E-state index is 12.8. The number of nitrogens with one attached hydrogen (secondary N) is 1. The van der Waals surface area contributed by atoms with E-state index >= 15 is 0 Å². The molecule has 1 fully saturated rings. The van der Waals surface area contributed by atoms with Gasteiger partial charge in [0, 0.05) is 15.7 Å². The summed E-state index contributed by atoms with van der Waals surface area (Å²) in [6.45, 7) is 1.79. The molecule has 3 amide bonds. The first-order chi connectivity index (χ1) is 17.2. The molecule has 0 aromatic heterocycles. The van der Waals surface area contributed by atoms with Crippen LogP contribution in [0.15, 0.2) is 70.0 Å². The molecule has 36 heavy (non-hydrogen) atoms. The van der Waals surface area contributed by atoms with E-state index in [1.54, 1.807) is 54.6 Å². The minimum absolute atomic E-state index is 0.230. The fourth-order valence-electron chi connectivity index (χ4n) is 3.32. The van der Waals surface area contributed by atoms with Gasteiger partial charge < -0.3 is 10.1 Å². The van der Waals surface area contributed by atoms with E-state index in [-0.39, 0.29) is 4.91 Å². The number of hydrogen-bond donors (Lipinski definition) is 1. The standard InChI is InChI=1S/C26H19BrCl2N2O4S/c1-15-2-6-19(29)12-21(15)30-24(32)13-31-25(33)23(36-26(31)34)11-17-5-9-22(20(27)10-17)35-14-16-3-7-18(28)8-4-16/h2-12H,13-14H2,1H3,(H,30,32)/b23-11+. The van der Waals surface area contributed by atoms with E-state index in [1.165, 1.54) is 0 Å². The smallest absolute Gasteiger partial charge is 0.294 e. The lowest BCUT2D eigenvalue weighted by molar-refractivity contribution is -0.127. The van der Waals surface area contributed by atoms with Crippen LogP contribution < -0.4 is 10.1 Å². The first-order valence-electron chi connectivity index (χ1n) is 10.7. The Morgan fingerprint density at radius 1 is 1.06 bits per heavy atom. The van der Waals surface area contributed by atoms with Gasteiger partial charge in [-0.25, -0.2) is 0 Å². The molecular formula is C26H19BrCl2N2O4S. The summed E-state index contributed by atoms with van der Waals surface area (Å²) in [7, 11) is 0. The zero-order valence-corrected chi connectivity index (χ0v) is 22.8. The number of hydrogen-bond acceptors (Lipinski definition) is 5. The molecule has 0 radical (unpaired) electrons. The number of benzene rings is 3. The molecule has 3 aromatic carbocycles. The van der Waals surface area contributed by atoms with E-state index < -0.39 is 23.6 Å². The molecular weight excluding hydrogens is 587 g/mol. The van der Waals surface area contributed by atoms with Crippen molar-refractivity contribution >= 4 is 79.7 Å². The Hall–Kier alpha value is -2.78. The molecule has 1 saturated heterocycles. The zero-order chi connectivity index (χ0) is 25.8. The van der Waals surface area contributed by atoms with E-state index in [4.69, 9.17) is 27.9 Å². The van der Waals surface area contributed by atoms with Crippen LogP contribution in [-0.2, 0) is 16.2 Å². The third-order valence-electron chi connectivity index (χ3n) is 5.21. The van der Waals surface area contributed by atoms with Gasteiger partial charge in [-0.05, 0) is 93.8 Å². The van der Waals surface area contributed by atoms with Crippen molar-refractivity contribution in [2.24, 2.45) is 0 Å². The Balaban J connectivity index is 1.40. The topological polar surface area (TPSA) is 75.7 Å². The van der Waals surface area contributed by atoms with E-state index in [9.17, 15) is 14.4 Å². The summed E-state index contributed by atoms with van der Waals surface area (Å²) in [5.74, 6) is -0.390. The van der Waals surface area contributed by atoms with Crippen LogP contribution in [0.3, 0.4) is 0 Å². The summed E-state index contributed by atoms with van der Waals surface area (Å²) in [5.41, 5.74) is 3.01. The highest BCUT2D eigenvalue weighted by Gasteiger charge is 2.36. The highest BCUT2D eigenvalue weighted by molar-refractivity contribution is 9.10. The average Bonchev–Trinajstić information content (AvgIpc) is 3.09. The van der Waals surface area contributed by atoms with Gasteiger partial charge in [-0.2, -0.15) is 0 Å². The van der Waals surface area contributed by atoms with Gasteiger partial charge in [-0.1, -0.05) is 47.5 Å². The Morgan fingerprint density at radius 3 is 2.50 bits per heavy atom. The number of thioether (sulfide) groups is 1. The van der Waals surface area contributed by atoms with Crippen LogP contribution in [0.1, 0.15) is 16.7 Å². The number of aryl methyl sites for hydroxylation is 1. The minimum atomic E-state index is -0.526. The summed E-state index contributed by atoms with van der Waals surface area (Å²) in [6, 6.07) is 17.8. The van der Waals surface area contributed by atoms with Crippen molar-refractivity contribution in [2.45, 2.75) is 13.5 Å². The molecule has 10 heteroatoms. The van der Waals surface area contributed by atoms with Gasteiger partial charge in [0.1, 0.15) is 18.9 Å². The third kappa shape index (κ3) is 6.50. The number of carbonyl (C=O) groups is 3. The van der Waals surface area contributed by atoms with Crippen LogP contribution in [-0.4, -0.2) is 28.5 Å². The van der Waals surface area contributed by atoms with Crippen LogP contribution in [0.5, 0.6) is 5.75 Å². The lowest BCUT2D eigenvalue weighted by Crippen LogP contribution is -2.36. The molecule has 0 spiro atoms. The van der Waals surface area contributed by atoms with Crippen molar-refractivity contribution in [3.63, 3.8) is 0 Å². The van der Waals surface area contributed by atoms with Gasteiger partial charge in [0.15, 0.2) is 0 Å². The second-order valence-electron chi connectivity index (χ2n) is 7.88. The highest BCUT2D eigenvalue weighted by atomic mass is 79.9. The Kier molecular flexibility index (Phi) is 8.41. The largest absolute Gasteiger partial charge is 0.488 e. The van der Waals surface area contributed by atoms with E-state index in [0.29, 0.717) is 38.1 Å². The van der Waals surface area contributed by atoms with Crippen LogP contribution in [0.4, 0.5) is 10.5 Å². The van der Waals surface area contributed by atoms with Crippen molar-refractivity contribution in [3.05, 3.63) is 96.8 Å². The maximum Gasteiger partial charge on any atom is 0.294 e. The monoisotopic (exact) mass is 604 g/mol. The zero-order valence-electron chi connectivity index (χ0n) is 18.9. The first-order valence-corrected chi connectivity index (χ1v) is 13.0. The normalized spacial score (nSPS) is 14.4. The summed E-state index contributed by atoms with van der Waals surface area (Å²) in [5, 5.41) is 3.32. The Labute approximate surface area is 230 Å². The van der Waals surface area contributed by atoms with Crippen LogP contribution >= 0.6 is 50.9 Å². The predicted octanol–water partition coefficient (Wildman–Crippen LogP) is 7.32. The molecule has 0 aliphatic carbocycles. The molecule has 0 atom stereocenters. The second-order valence-corrected chi connectivity index (χ2v) is 10.6. The number of rotatable bonds is 7. The molecule has 1 aliphatic rings. The van der Waals surface area contributed by atoms with Gasteiger partial charge in [0.25, 0.3) is 11.1 Å². The van der Waals surface area contributed by atoms with Crippen molar-refractivity contribution in [2.75, 3.05) is 11.9 Å². The van der Waals surface area contributed by atoms with Gasteiger partial charge in [-0.3, -0.25) is 19.3 Å². The number of amides is 3. The lowest BCUT2D eigenvalue weighted by Gasteiger charge is -2.13. The van der Waals surface area contributed by atoms with Crippen LogP contribution in [0.25, 0.3) is 6.08 Å². The number of nitrogens with zero attached hydrogens (tertiary/aromatic N) is 1. The molecule has 0 bridgehead atoms. The third-order valence-corrected chi connectivity index (χ3v) is 7.22. The van der Waals surface area contributed by atoms with E-state index in [0.717, 1.165) is 27.8 Å². The van der Waals surface area contributed by atoms with Crippen molar-refractivity contribution < 1.29 is 19.1 Å². The average molecular weight is 606 g/mol. The minimum Gasteiger partial charge on any atom is -0.488 e. The quantitative estimate of drug-likeness (QED) is 0.286. The Bertz CT molecular complexity index is 1380. The first kappa shape index (κ1) is 26.3. The molecule has 0 unspecified atom stereocenters. The molecule has 184 valence electrons. The highest BCUT2D eigenvalue weighted by Crippen LogP contribution is 2.34. The SMILES string of the molecule is Cc1ccc(Cl)cc1NC(=O)CN1C(=O)S/C(=C/c2ccc(OCc3ccc(Cl)cc3)c(Br)c2)C1=O. The van der Waals surface area contributed by atoms with Crippen LogP contribution in [0, 0.1) is 6.92 Å². The van der Waals surface area contributed by atoms with Gasteiger partial charge in [-0.15, -0.1) is 0 Å². The molecule has 1 heterocycles. The molecule has 1 aliphatic heterocycles. The van der Waals surface area contributed by atoms with E-state index in [2.05, 4.69) is 21.2 Å². The van der Waals surface area contributed by atoms with Crippen LogP contribution in [0.2, 0.25) is 10.0 Å². The van der Waals surface area contributed by atoms with Gasteiger partial charge in [0.05, 0.1) is 9.38 Å².